The summed E-state index contributed by atoms with van der Waals surface area (Å²) in [6.45, 7) is 0.520. The quantitative estimate of drug-likeness (QED) is 0.540. The van der Waals surface area contributed by atoms with E-state index in [-0.39, 0.29) is 24.4 Å². The number of hydrogen-bond acceptors (Lipinski definition) is 5. The van der Waals surface area contributed by atoms with Gasteiger partial charge in [-0.3, -0.25) is 4.79 Å². The summed E-state index contributed by atoms with van der Waals surface area (Å²) in [6.07, 6.45) is 1.46. The van der Waals surface area contributed by atoms with E-state index in [1.807, 2.05) is 12.1 Å². The van der Waals surface area contributed by atoms with Crippen molar-refractivity contribution >= 4 is 28.5 Å². The van der Waals surface area contributed by atoms with Gasteiger partial charge < -0.3 is 10.1 Å². The molecule has 26 heavy (non-hydrogen) atoms. The molecule has 3 rings (SSSR count). The molecule has 1 heterocycles. The van der Waals surface area contributed by atoms with E-state index in [0.717, 1.165) is 3.57 Å². The van der Waals surface area contributed by atoms with E-state index in [1.165, 1.54) is 35.3 Å². The van der Waals surface area contributed by atoms with Crippen LogP contribution in [0.5, 0.6) is 5.75 Å². The number of ether oxygens (including phenoxy) is 1. The zero-order chi connectivity index (χ0) is 18.4. The highest BCUT2D eigenvalue weighted by atomic mass is 127. The fourth-order valence-electron chi connectivity index (χ4n) is 2.23. The number of rotatable bonds is 7. The van der Waals surface area contributed by atoms with Crippen LogP contribution in [0.2, 0.25) is 0 Å². The molecule has 0 bridgehead atoms. The molecule has 1 amide bonds. The minimum Gasteiger partial charge on any atom is -0.491 e. The largest absolute Gasteiger partial charge is 0.491 e. The third-order valence-corrected chi connectivity index (χ3v) is 4.22. The van der Waals surface area contributed by atoms with E-state index in [4.69, 9.17) is 4.74 Å². The number of carbonyl (C=O) groups is 1. The van der Waals surface area contributed by atoms with Gasteiger partial charge in [0.25, 0.3) is 5.91 Å². The zero-order valence-electron chi connectivity index (χ0n) is 13.5. The van der Waals surface area contributed by atoms with Gasteiger partial charge >= 0.3 is 0 Å². The summed E-state index contributed by atoms with van der Waals surface area (Å²) < 4.78 is 21.2. The molecular weight excluding hydrogens is 452 g/mol. The maximum Gasteiger partial charge on any atom is 0.251 e. The van der Waals surface area contributed by atoms with E-state index in [0.29, 0.717) is 17.9 Å². The minimum atomic E-state index is -0.379. The zero-order valence-corrected chi connectivity index (χ0v) is 15.7. The van der Waals surface area contributed by atoms with Gasteiger partial charge in [-0.25, -0.2) is 9.07 Å². The molecular formula is C17H15FIN5O2. The van der Waals surface area contributed by atoms with E-state index in [1.54, 1.807) is 12.1 Å². The summed E-state index contributed by atoms with van der Waals surface area (Å²) >= 11 is 2.18. The number of benzene rings is 2. The SMILES string of the molecule is O=C(NC(COc1ccc(F)cc1)Cn1cnnn1)c1ccc(I)cc1. The second-order valence-corrected chi connectivity index (χ2v) is 6.72. The van der Waals surface area contributed by atoms with Crippen molar-refractivity contribution < 1.29 is 13.9 Å². The summed E-state index contributed by atoms with van der Waals surface area (Å²) in [5, 5.41) is 13.9. The number of aromatic nitrogens is 4. The Bertz CT molecular complexity index is 841. The van der Waals surface area contributed by atoms with E-state index < -0.39 is 0 Å². The first kappa shape index (κ1) is 18.2. The third-order valence-electron chi connectivity index (χ3n) is 3.51. The van der Waals surface area contributed by atoms with Gasteiger partial charge in [0.05, 0.1) is 12.6 Å². The summed E-state index contributed by atoms with van der Waals surface area (Å²) in [7, 11) is 0. The smallest absolute Gasteiger partial charge is 0.251 e. The van der Waals surface area contributed by atoms with Gasteiger partial charge in [0, 0.05) is 9.13 Å². The van der Waals surface area contributed by atoms with Crippen molar-refractivity contribution in [3.8, 4) is 5.75 Å². The lowest BCUT2D eigenvalue weighted by Crippen LogP contribution is -2.42. The fraction of sp³-hybridized carbons (Fsp3) is 0.176. The molecule has 9 heteroatoms. The van der Waals surface area contributed by atoms with Crippen LogP contribution in [-0.2, 0) is 6.54 Å². The van der Waals surface area contributed by atoms with Crippen molar-refractivity contribution in [1.29, 1.82) is 0 Å². The van der Waals surface area contributed by atoms with Gasteiger partial charge in [0.1, 0.15) is 24.5 Å². The molecule has 1 N–H and O–H groups in total. The molecule has 2 aromatic carbocycles. The van der Waals surface area contributed by atoms with Crippen LogP contribution in [0.4, 0.5) is 4.39 Å². The monoisotopic (exact) mass is 467 g/mol. The number of halogens is 2. The fourth-order valence-corrected chi connectivity index (χ4v) is 2.59. The van der Waals surface area contributed by atoms with Gasteiger partial charge in [0.2, 0.25) is 0 Å². The molecule has 0 radical (unpaired) electrons. The molecule has 0 aliphatic carbocycles. The van der Waals surface area contributed by atoms with Crippen LogP contribution in [0.25, 0.3) is 0 Å². The third kappa shape index (κ3) is 5.22. The van der Waals surface area contributed by atoms with Crippen LogP contribution in [0.15, 0.2) is 54.9 Å². The normalized spacial score (nSPS) is 11.8. The summed E-state index contributed by atoms with van der Waals surface area (Å²) in [6, 6.07) is 12.6. The van der Waals surface area contributed by atoms with Gasteiger partial charge in [-0.15, -0.1) is 5.10 Å². The Morgan fingerprint density at radius 3 is 2.58 bits per heavy atom. The summed E-state index contributed by atoms with van der Waals surface area (Å²) in [5.41, 5.74) is 0.550. The highest BCUT2D eigenvalue weighted by Crippen LogP contribution is 2.12. The molecule has 7 nitrogen and oxygen atoms in total. The van der Waals surface area contributed by atoms with Crippen molar-refractivity contribution in [3.05, 3.63) is 69.8 Å². The second-order valence-electron chi connectivity index (χ2n) is 5.47. The van der Waals surface area contributed by atoms with Gasteiger partial charge in [-0.2, -0.15) is 0 Å². The molecule has 0 spiro atoms. The van der Waals surface area contributed by atoms with Crippen LogP contribution in [-0.4, -0.2) is 38.8 Å². The second kappa shape index (κ2) is 8.70. The Balaban J connectivity index is 1.66. The molecule has 3 aromatic rings. The lowest BCUT2D eigenvalue weighted by atomic mass is 10.2. The molecule has 0 saturated carbocycles. The molecule has 134 valence electrons. The molecule has 0 aliphatic rings. The Morgan fingerprint density at radius 2 is 1.92 bits per heavy atom. The summed E-state index contributed by atoms with van der Waals surface area (Å²) in [5.74, 6) is -0.0478. The maximum atomic E-state index is 13.0. The highest BCUT2D eigenvalue weighted by molar-refractivity contribution is 14.1. The van der Waals surface area contributed by atoms with Crippen LogP contribution in [0.3, 0.4) is 0 Å². The first-order valence-electron chi connectivity index (χ1n) is 7.76. The van der Waals surface area contributed by atoms with Crippen molar-refractivity contribution in [1.82, 2.24) is 25.5 Å². The standard InChI is InChI=1S/C17H15FIN5O2/c18-13-3-7-16(8-4-13)26-10-15(9-24-11-20-22-23-24)21-17(25)12-1-5-14(19)6-2-12/h1-8,11,15H,9-10H2,(H,21,25). The predicted octanol–water partition coefficient (Wildman–Crippen LogP) is 2.29. The Kier molecular flexibility index (Phi) is 6.10. The van der Waals surface area contributed by atoms with Crippen molar-refractivity contribution in [2.45, 2.75) is 12.6 Å². The summed E-state index contributed by atoms with van der Waals surface area (Å²) in [4.78, 5) is 12.5. The van der Waals surface area contributed by atoms with E-state index >= 15 is 0 Å². The molecule has 0 fully saturated rings. The maximum absolute atomic E-state index is 13.0. The molecule has 1 aromatic heterocycles. The number of carbonyl (C=O) groups excluding carboxylic acids is 1. The highest BCUT2D eigenvalue weighted by Gasteiger charge is 2.16. The lowest BCUT2D eigenvalue weighted by molar-refractivity contribution is 0.0914. The van der Waals surface area contributed by atoms with Crippen molar-refractivity contribution in [3.63, 3.8) is 0 Å². The van der Waals surface area contributed by atoms with Gasteiger partial charge in [-0.05, 0) is 81.5 Å². The van der Waals surface area contributed by atoms with Crippen LogP contribution in [0.1, 0.15) is 10.4 Å². The number of tetrazole rings is 1. The Hall–Kier alpha value is -2.56. The van der Waals surface area contributed by atoms with Crippen molar-refractivity contribution in [2.24, 2.45) is 0 Å². The Morgan fingerprint density at radius 1 is 1.19 bits per heavy atom. The predicted molar refractivity (Wildman–Crippen MR) is 100 cm³/mol. The first-order chi connectivity index (χ1) is 12.6. The molecule has 0 saturated heterocycles. The van der Waals surface area contributed by atoms with Gasteiger partial charge in [0.15, 0.2) is 0 Å². The van der Waals surface area contributed by atoms with Crippen LogP contribution >= 0.6 is 22.6 Å². The number of amides is 1. The number of nitrogens with one attached hydrogen (secondary N) is 1. The number of hydrogen-bond donors (Lipinski definition) is 1. The van der Waals surface area contributed by atoms with Crippen LogP contribution in [0, 0.1) is 9.39 Å². The topological polar surface area (TPSA) is 81.9 Å². The minimum absolute atomic E-state index is 0.182. The van der Waals surface area contributed by atoms with Gasteiger partial charge in [-0.1, -0.05) is 0 Å². The molecule has 0 aliphatic heterocycles. The average Bonchev–Trinajstić information content (AvgIpc) is 3.14. The lowest BCUT2D eigenvalue weighted by Gasteiger charge is -2.19. The number of nitrogens with zero attached hydrogens (tertiary/aromatic N) is 4. The first-order valence-corrected chi connectivity index (χ1v) is 8.83. The van der Waals surface area contributed by atoms with Crippen molar-refractivity contribution in [2.75, 3.05) is 6.61 Å². The molecule has 1 unspecified atom stereocenters. The van der Waals surface area contributed by atoms with Crippen LogP contribution < -0.4 is 10.1 Å². The molecule has 1 atom stereocenters. The van der Waals surface area contributed by atoms with E-state index in [9.17, 15) is 9.18 Å². The Labute approximate surface area is 162 Å². The average molecular weight is 467 g/mol. The van der Waals surface area contributed by atoms with E-state index in [2.05, 4.69) is 43.4 Å².